The molecular weight excluding hydrogens is 634 g/mol. The van der Waals surface area contributed by atoms with Crippen molar-refractivity contribution in [3.8, 4) is 16.9 Å². The molecule has 1 aromatic heterocycles. The van der Waals surface area contributed by atoms with Gasteiger partial charge in [-0.15, -0.1) is 0 Å². The average Bonchev–Trinajstić information content (AvgIpc) is 3.05. The number of ether oxygens (including phenoxy) is 4. The molecule has 10 heteroatoms. The lowest BCUT2D eigenvalue weighted by atomic mass is 9.98. The Morgan fingerprint density at radius 2 is 1.26 bits per heavy atom. The van der Waals surface area contributed by atoms with Crippen LogP contribution in [0.15, 0.2) is 79.0 Å². The standard InChI is InChI=1S/C40H47N3O7/c1-26-23-41-34(27(2)35(26)47-9)25-43(38(46)50-40(6,7)8)31-21-29(32-18-14-15-19-33(32)36(44)48-10)20-30(22-31)42(37(45)49-39(3,4)5)24-28-16-12-11-13-17-28/h11-23H,24-25H2,1-10H3. The van der Waals surface area contributed by atoms with Gasteiger partial charge in [0.2, 0.25) is 0 Å². The second-order valence-corrected chi connectivity index (χ2v) is 13.9. The number of aromatic nitrogens is 1. The van der Waals surface area contributed by atoms with Crippen molar-refractivity contribution >= 4 is 29.5 Å². The van der Waals surface area contributed by atoms with E-state index in [0.29, 0.717) is 39.5 Å². The first kappa shape index (κ1) is 37.4. The molecule has 0 aliphatic rings. The lowest BCUT2D eigenvalue weighted by Gasteiger charge is -2.31. The maximum Gasteiger partial charge on any atom is 0.415 e. The Kier molecular flexibility index (Phi) is 11.6. The molecule has 0 spiro atoms. The molecule has 0 radical (unpaired) electrons. The maximum atomic E-state index is 14.1. The highest BCUT2D eigenvalue weighted by Gasteiger charge is 2.29. The summed E-state index contributed by atoms with van der Waals surface area (Å²) in [5, 5.41) is 0. The van der Waals surface area contributed by atoms with E-state index in [9.17, 15) is 14.4 Å². The Bertz CT molecular complexity index is 1840. The molecule has 0 N–H and O–H groups in total. The van der Waals surface area contributed by atoms with Crippen molar-refractivity contribution in [3.63, 3.8) is 0 Å². The number of hydrogen-bond donors (Lipinski definition) is 0. The molecule has 0 aliphatic carbocycles. The first-order valence-corrected chi connectivity index (χ1v) is 16.4. The first-order valence-electron chi connectivity index (χ1n) is 16.4. The number of rotatable bonds is 9. The fourth-order valence-electron chi connectivity index (χ4n) is 5.39. The van der Waals surface area contributed by atoms with Crippen molar-refractivity contribution in [2.24, 2.45) is 0 Å². The van der Waals surface area contributed by atoms with E-state index < -0.39 is 29.4 Å². The number of amides is 2. The van der Waals surface area contributed by atoms with E-state index in [2.05, 4.69) is 4.98 Å². The second kappa shape index (κ2) is 15.4. The predicted octanol–water partition coefficient (Wildman–Crippen LogP) is 9.04. The van der Waals surface area contributed by atoms with Crippen LogP contribution in [-0.2, 0) is 27.3 Å². The molecule has 4 aromatic rings. The van der Waals surface area contributed by atoms with Gasteiger partial charge in [0.15, 0.2) is 0 Å². The first-order chi connectivity index (χ1) is 23.5. The molecule has 0 saturated heterocycles. The third-order valence-electron chi connectivity index (χ3n) is 7.64. The number of nitrogens with zero attached hydrogens (tertiary/aromatic N) is 3. The van der Waals surface area contributed by atoms with E-state index in [4.69, 9.17) is 18.9 Å². The van der Waals surface area contributed by atoms with Crippen molar-refractivity contribution in [2.45, 2.75) is 79.7 Å². The van der Waals surface area contributed by atoms with Crippen LogP contribution in [0.1, 0.15) is 74.3 Å². The summed E-state index contributed by atoms with van der Waals surface area (Å²) in [7, 11) is 2.91. The van der Waals surface area contributed by atoms with E-state index in [1.807, 2.05) is 44.2 Å². The molecule has 10 nitrogen and oxygen atoms in total. The van der Waals surface area contributed by atoms with Crippen molar-refractivity contribution in [3.05, 3.63) is 107 Å². The Morgan fingerprint density at radius 3 is 1.80 bits per heavy atom. The molecule has 2 amide bonds. The van der Waals surface area contributed by atoms with Gasteiger partial charge >= 0.3 is 18.2 Å². The van der Waals surface area contributed by atoms with Crippen LogP contribution in [0.25, 0.3) is 11.1 Å². The van der Waals surface area contributed by atoms with E-state index >= 15 is 0 Å². The van der Waals surface area contributed by atoms with Gasteiger partial charge in [-0.1, -0.05) is 48.5 Å². The molecule has 0 aliphatic heterocycles. The summed E-state index contributed by atoms with van der Waals surface area (Å²) in [6.07, 6.45) is 0.484. The molecule has 3 aromatic carbocycles. The van der Waals surface area contributed by atoms with Crippen LogP contribution in [0, 0.1) is 13.8 Å². The fraction of sp³-hybridized carbons (Fsp3) is 0.350. The number of hydrogen-bond acceptors (Lipinski definition) is 8. The summed E-state index contributed by atoms with van der Waals surface area (Å²) >= 11 is 0. The molecule has 0 saturated carbocycles. The summed E-state index contributed by atoms with van der Waals surface area (Å²) in [5.74, 6) is 0.135. The third-order valence-corrected chi connectivity index (χ3v) is 7.64. The fourth-order valence-corrected chi connectivity index (χ4v) is 5.39. The van der Waals surface area contributed by atoms with E-state index in [1.165, 1.54) is 16.9 Å². The number of anilines is 2. The highest BCUT2D eigenvalue weighted by Crippen LogP contribution is 2.36. The van der Waals surface area contributed by atoms with Gasteiger partial charge < -0.3 is 18.9 Å². The average molecular weight is 682 g/mol. The van der Waals surface area contributed by atoms with Crippen LogP contribution in [0.4, 0.5) is 21.0 Å². The van der Waals surface area contributed by atoms with Crippen LogP contribution < -0.4 is 14.5 Å². The molecule has 0 fully saturated rings. The number of carbonyl (C=O) groups excluding carboxylic acids is 3. The van der Waals surface area contributed by atoms with Gasteiger partial charge in [0, 0.05) is 17.3 Å². The highest BCUT2D eigenvalue weighted by atomic mass is 16.6. The van der Waals surface area contributed by atoms with Crippen molar-refractivity contribution in [2.75, 3.05) is 24.0 Å². The Hall–Kier alpha value is -5.38. The van der Waals surface area contributed by atoms with Crippen molar-refractivity contribution in [1.82, 2.24) is 4.98 Å². The van der Waals surface area contributed by atoms with E-state index in [1.54, 1.807) is 97.3 Å². The van der Waals surface area contributed by atoms with E-state index in [-0.39, 0.29) is 13.1 Å². The SMILES string of the molecule is COC(=O)c1ccccc1-c1cc(N(Cc2ccccc2)C(=O)OC(C)(C)C)cc(N(Cc2ncc(C)c(OC)c2C)C(=O)OC(C)(C)C)c1. The monoisotopic (exact) mass is 681 g/mol. The third kappa shape index (κ3) is 9.40. The molecule has 264 valence electrons. The van der Waals surface area contributed by atoms with Gasteiger partial charge in [-0.3, -0.25) is 14.8 Å². The smallest absolute Gasteiger partial charge is 0.415 e. The normalized spacial score (nSPS) is 11.4. The largest absolute Gasteiger partial charge is 0.496 e. The summed E-state index contributed by atoms with van der Waals surface area (Å²) < 4.78 is 22.6. The number of aryl methyl sites for hydroxylation is 1. The Balaban J connectivity index is 2.02. The number of benzene rings is 3. The lowest BCUT2D eigenvalue weighted by Crippen LogP contribution is -2.38. The number of pyridine rings is 1. The molecule has 0 unspecified atom stereocenters. The van der Waals surface area contributed by atoms with Crippen LogP contribution >= 0.6 is 0 Å². The predicted molar refractivity (Wildman–Crippen MR) is 195 cm³/mol. The minimum absolute atomic E-state index is 0.0179. The van der Waals surface area contributed by atoms with Gasteiger partial charge in [-0.25, -0.2) is 14.4 Å². The second-order valence-electron chi connectivity index (χ2n) is 13.9. The lowest BCUT2D eigenvalue weighted by molar-refractivity contribution is 0.0568. The minimum Gasteiger partial charge on any atom is -0.496 e. The van der Waals surface area contributed by atoms with Crippen LogP contribution in [0.2, 0.25) is 0 Å². The topological polar surface area (TPSA) is 108 Å². The van der Waals surface area contributed by atoms with Crippen molar-refractivity contribution in [1.29, 1.82) is 0 Å². The zero-order valence-electron chi connectivity index (χ0n) is 30.6. The number of esters is 1. The van der Waals surface area contributed by atoms with Crippen LogP contribution in [0.5, 0.6) is 5.75 Å². The van der Waals surface area contributed by atoms with Crippen LogP contribution in [-0.4, -0.2) is 48.6 Å². The quantitative estimate of drug-likeness (QED) is 0.127. The minimum atomic E-state index is -0.823. The highest BCUT2D eigenvalue weighted by molar-refractivity contribution is 6.00. The van der Waals surface area contributed by atoms with Gasteiger partial charge in [0.1, 0.15) is 17.0 Å². The van der Waals surface area contributed by atoms with Gasteiger partial charge in [0.25, 0.3) is 0 Å². The molecule has 0 bridgehead atoms. The molecule has 1 heterocycles. The summed E-state index contributed by atoms with van der Waals surface area (Å²) in [6.45, 7) is 14.8. The summed E-state index contributed by atoms with van der Waals surface area (Å²) in [5.41, 5.74) is 3.70. The maximum absolute atomic E-state index is 14.1. The summed E-state index contributed by atoms with van der Waals surface area (Å²) in [4.78, 5) is 48.7. The molecular formula is C40H47N3O7. The van der Waals surface area contributed by atoms with Crippen molar-refractivity contribution < 1.29 is 33.3 Å². The van der Waals surface area contributed by atoms with Gasteiger partial charge in [-0.2, -0.15) is 0 Å². The van der Waals surface area contributed by atoms with Gasteiger partial charge in [0.05, 0.1) is 49.9 Å². The molecule has 0 atom stereocenters. The zero-order valence-corrected chi connectivity index (χ0v) is 30.6. The van der Waals surface area contributed by atoms with E-state index in [0.717, 1.165) is 16.7 Å². The van der Waals surface area contributed by atoms with Gasteiger partial charge in [-0.05, 0) is 96.3 Å². The molecule has 50 heavy (non-hydrogen) atoms. The number of methoxy groups -OCH3 is 2. The number of carbonyl (C=O) groups is 3. The Morgan fingerprint density at radius 1 is 0.720 bits per heavy atom. The summed E-state index contributed by atoms with van der Waals surface area (Å²) in [6, 6.07) is 21.9. The zero-order chi connectivity index (χ0) is 36.8. The molecule has 4 rings (SSSR count). The van der Waals surface area contributed by atoms with Crippen LogP contribution in [0.3, 0.4) is 0 Å². The Labute approximate surface area is 294 Å².